The SMILES string of the molecule is CCOc1ccc(S(=O)(=O)N(CC)CC)cc1NC(=O)COc1ccc(C)cc1C. The van der Waals surface area contributed by atoms with Crippen LogP contribution < -0.4 is 14.8 Å². The van der Waals surface area contributed by atoms with E-state index in [0.717, 1.165) is 11.1 Å². The van der Waals surface area contributed by atoms with Gasteiger partial charge in [-0.1, -0.05) is 31.5 Å². The lowest BCUT2D eigenvalue weighted by Gasteiger charge is -2.20. The number of carbonyl (C=O) groups is 1. The highest BCUT2D eigenvalue weighted by Crippen LogP contribution is 2.29. The number of nitrogens with one attached hydrogen (secondary N) is 1. The van der Waals surface area contributed by atoms with E-state index in [-0.39, 0.29) is 11.5 Å². The molecule has 164 valence electrons. The summed E-state index contributed by atoms with van der Waals surface area (Å²) in [5.74, 6) is 0.614. The van der Waals surface area contributed by atoms with Crippen LogP contribution in [0.15, 0.2) is 41.3 Å². The molecule has 0 spiro atoms. The molecule has 0 saturated carbocycles. The Morgan fingerprint density at radius 1 is 0.967 bits per heavy atom. The summed E-state index contributed by atoms with van der Waals surface area (Å²) < 4.78 is 38.2. The van der Waals surface area contributed by atoms with Gasteiger partial charge in [0.25, 0.3) is 5.91 Å². The molecule has 0 atom stereocenters. The Morgan fingerprint density at radius 3 is 2.23 bits per heavy atom. The van der Waals surface area contributed by atoms with Gasteiger partial charge in [0.05, 0.1) is 17.2 Å². The van der Waals surface area contributed by atoms with Crippen molar-refractivity contribution >= 4 is 21.6 Å². The third kappa shape index (κ3) is 5.73. The molecule has 0 aliphatic rings. The number of rotatable bonds is 10. The van der Waals surface area contributed by atoms with E-state index in [1.165, 1.54) is 16.4 Å². The molecule has 1 N–H and O–H groups in total. The summed E-state index contributed by atoms with van der Waals surface area (Å²) in [6.45, 7) is 10.2. The van der Waals surface area contributed by atoms with Gasteiger partial charge in [-0.2, -0.15) is 4.31 Å². The first-order valence-corrected chi connectivity index (χ1v) is 11.4. The van der Waals surface area contributed by atoms with Crippen LogP contribution in [0.5, 0.6) is 11.5 Å². The Kier molecular flexibility index (Phi) is 8.25. The minimum atomic E-state index is -3.66. The Labute approximate surface area is 179 Å². The molecule has 8 heteroatoms. The lowest BCUT2D eigenvalue weighted by Crippen LogP contribution is -2.30. The molecule has 2 rings (SSSR count). The van der Waals surface area contributed by atoms with Gasteiger partial charge in [0.1, 0.15) is 11.5 Å². The minimum Gasteiger partial charge on any atom is -0.492 e. The molecule has 0 aromatic heterocycles. The third-order valence-electron chi connectivity index (χ3n) is 4.56. The van der Waals surface area contributed by atoms with Gasteiger partial charge in [0, 0.05) is 13.1 Å². The highest BCUT2D eigenvalue weighted by Gasteiger charge is 2.23. The molecule has 0 saturated heterocycles. The summed E-state index contributed by atoms with van der Waals surface area (Å²) in [5.41, 5.74) is 2.33. The second kappa shape index (κ2) is 10.4. The van der Waals surface area contributed by atoms with Crippen LogP contribution in [0.3, 0.4) is 0 Å². The van der Waals surface area contributed by atoms with E-state index in [1.807, 2.05) is 39.0 Å². The first-order valence-electron chi connectivity index (χ1n) is 9.99. The quantitative estimate of drug-likeness (QED) is 0.616. The monoisotopic (exact) mass is 434 g/mol. The Balaban J connectivity index is 2.22. The van der Waals surface area contributed by atoms with Gasteiger partial charge >= 0.3 is 0 Å². The third-order valence-corrected chi connectivity index (χ3v) is 6.60. The average molecular weight is 435 g/mol. The molecule has 1 amide bonds. The van der Waals surface area contributed by atoms with Crippen molar-refractivity contribution in [3.63, 3.8) is 0 Å². The van der Waals surface area contributed by atoms with Crippen molar-refractivity contribution in [1.82, 2.24) is 4.31 Å². The number of hydrogen-bond donors (Lipinski definition) is 1. The van der Waals surface area contributed by atoms with E-state index in [1.54, 1.807) is 19.9 Å². The number of benzene rings is 2. The Bertz CT molecular complexity index is 985. The van der Waals surface area contributed by atoms with Gasteiger partial charge in [-0.05, 0) is 50.6 Å². The lowest BCUT2D eigenvalue weighted by molar-refractivity contribution is -0.118. The number of hydrogen-bond acceptors (Lipinski definition) is 5. The maximum Gasteiger partial charge on any atom is 0.262 e. The highest BCUT2D eigenvalue weighted by molar-refractivity contribution is 7.89. The van der Waals surface area contributed by atoms with E-state index < -0.39 is 15.9 Å². The molecule has 0 fully saturated rings. The molecule has 0 unspecified atom stereocenters. The normalized spacial score (nSPS) is 11.4. The van der Waals surface area contributed by atoms with Crippen molar-refractivity contribution in [2.75, 3.05) is 31.6 Å². The van der Waals surface area contributed by atoms with Crippen molar-refractivity contribution in [2.45, 2.75) is 39.5 Å². The minimum absolute atomic E-state index is 0.0975. The van der Waals surface area contributed by atoms with Crippen molar-refractivity contribution in [2.24, 2.45) is 0 Å². The van der Waals surface area contributed by atoms with Crippen LogP contribution in [0.4, 0.5) is 5.69 Å². The standard InChI is InChI=1S/C22H30N2O5S/c1-6-24(7-2)30(26,27)18-10-12-21(28-8-3)19(14-18)23-22(25)15-29-20-11-9-16(4)13-17(20)5/h9-14H,6-8,15H2,1-5H3,(H,23,25). The van der Waals surface area contributed by atoms with Crippen LogP contribution in [-0.4, -0.2) is 44.9 Å². The van der Waals surface area contributed by atoms with E-state index in [2.05, 4.69) is 5.32 Å². The number of sulfonamides is 1. The molecule has 0 bridgehead atoms. The fourth-order valence-electron chi connectivity index (χ4n) is 3.05. The van der Waals surface area contributed by atoms with Gasteiger partial charge in [-0.3, -0.25) is 4.79 Å². The number of anilines is 1. The number of nitrogens with zero attached hydrogens (tertiary/aromatic N) is 1. The topological polar surface area (TPSA) is 84.9 Å². The number of amides is 1. The van der Waals surface area contributed by atoms with E-state index in [4.69, 9.17) is 9.47 Å². The highest BCUT2D eigenvalue weighted by atomic mass is 32.2. The molecule has 30 heavy (non-hydrogen) atoms. The summed E-state index contributed by atoms with van der Waals surface area (Å²) in [5, 5.41) is 2.71. The first kappa shape index (κ1) is 23.7. The van der Waals surface area contributed by atoms with Crippen molar-refractivity contribution in [3.8, 4) is 11.5 Å². The zero-order valence-corrected chi connectivity index (χ0v) is 19.0. The summed E-state index contributed by atoms with van der Waals surface area (Å²) in [6, 6.07) is 10.2. The van der Waals surface area contributed by atoms with Crippen molar-refractivity contribution in [1.29, 1.82) is 0 Å². The predicted molar refractivity (Wildman–Crippen MR) is 118 cm³/mol. The number of carbonyl (C=O) groups excluding carboxylic acids is 1. The summed E-state index contributed by atoms with van der Waals surface area (Å²) >= 11 is 0. The van der Waals surface area contributed by atoms with E-state index in [9.17, 15) is 13.2 Å². The van der Waals surface area contributed by atoms with Crippen molar-refractivity contribution in [3.05, 3.63) is 47.5 Å². The van der Waals surface area contributed by atoms with Crippen LogP contribution in [0, 0.1) is 13.8 Å². The second-order valence-corrected chi connectivity index (χ2v) is 8.72. The van der Waals surface area contributed by atoms with Gasteiger partial charge < -0.3 is 14.8 Å². The van der Waals surface area contributed by atoms with E-state index in [0.29, 0.717) is 36.9 Å². The van der Waals surface area contributed by atoms with Crippen LogP contribution >= 0.6 is 0 Å². The second-order valence-electron chi connectivity index (χ2n) is 6.79. The van der Waals surface area contributed by atoms with Gasteiger partial charge in [0.15, 0.2) is 6.61 Å². The number of ether oxygens (including phenoxy) is 2. The Hall–Kier alpha value is -2.58. The van der Waals surface area contributed by atoms with Crippen LogP contribution in [0.2, 0.25) is 0 Å². The first-order chi connectivity index (χ1) is 14.2. The molecule has 2 aromatic carbocycles. The summed E-state index contributed by atoms with van der Waals surface area (Å²) in [7, 11) is -3.66. The maximum absolute atomic E-state index is 12.8. The lowest BCUT2D eigenvalue weighted by atomic mass is 10.1. The largest absolute Gasteiger partial charge is 0.492 e. The van der Waals surface area contributed by atoms with Gasteiger partial charge in [-0.15, -0.1) is 0 Å². The maximum atomic E-state index is 12.8. The van der Waals surface area contributed by atoms with E-state index >= 15 is 0 Å². The summed E-state index contributed by atoms with van der Waals surface area (Å²) in [4.78, 5) is 12.6. The van der Waals surface area contributed by atoms with Crippen molar-refractivity contribution < 1.29 is 22.7 Å². The molecule has 7 nitrogen and oxygen atoms in total. The zero-order valence-electron chi connectivity index (χ0n) is 18.2. The average Bonchev–Trinajstić information content (AvgIpc) is 2.69. The van der Waals surface area contributed by atoms with Crippen LogP contribution in [0.1, 0.15) is 31.9 Å². The fourth-order valence-corrected chi connectivity index (χ4v) is 4.54. The summed E-state index contributed by atoms with van der Waals surface area (Å²) in [6.07, 6.45) is 0. The Morgan fingerprint density at radius 2 is 1.63 bits per heavy atom. The molecule has 0 radical (unpaired) electrons. The number of aryl methyl sites for hydroxylation is 2. The molecule has 0 aliphatic carbocycles. The molecule has 2 aromatic rings. The molecule has 0 aliphatic heterocycles. The predicted octanol–water partition coefficient (Wildman–Crippen LogP) is 3.75. The molecular formula is C22H30N2O5S. The molecular weight excluding hydrogens is 404 g/mol. The van der Waals surface area contributed by atoms with Gasteiger partial charge in [-0.25, -0.2) is 8.42 Å². The zero-order chi connectivity index (χ0) is 22.3. The van der Waals surface area contributed by atoms with Crippen LogP contribution in [-0.2, 0) is 14.8 Å². The smallest absolute Gasteiger partial charge is 0.262 e. The van der Waals surface area contributed by atoms with Crippen LogP contribution in [0.25, 0.3) is 0 Å². The fraction of sp³-hybridized carbons (Fsp3) is 0.409. The molecule has 0 heterocycles. The van der Waals surface area contributed by atoms with Gasteiger partial charge in [0.2, 0.25) is 10.0 Å².